The molecule has 17 heavy (non-hydrogen) atoms. The van der Waals surface area contributed by atoms with Crippen molar-refractivity contribution in [2.24, 2.45) is 5.11 Å². The normalized spacial score (nSPS) is 27.7. The topological polar surface area (TPSA) is 78.2 Å². The highest BCUT2D eigenvalue weighted by atomic mass is 16.5. The molecule has 5 nitrogen and oxygen atoms in total. The number of aliphatic hydroxyl groups excluding tert-OH is 1. The minimum Gasteiger partial charge on any atom is -0.393 e. The molecule has 1 aromatic rings. The van der Waals surface area contributed by atoms with Gasteiger partial charge in [-0.1, -0.05) is 35.4 Å². The van der Waals surface area contributed by atoms with Gasteiger partial charge in [-0.15, -0.1) is 0 Å². The smallest absolute Gasteiger partial charge is 0.0720 e. The zero-order chi connectivity index (χ0) is 12.1. The van der Waals surface area contributed by atoms with Gasteiger partial charge in [0, 0.05) is 4.91 Å². The molecule has 1 unspecified atom stereocenters. The Kier molecular flexibility index (Phi) is 3.98. The molecule has 5 heteroatoms. The fourth-order valence-electron chi connectivity index (χ4n) is 2.06. The maximum Gasteiger partial charge on any atom is 0.0720 e. The van der Waals surface area contributed by atoms with Crippen molar-refractivity contribution in [1.29, 1.82) is 0 Å². The van der Waals surface area contributed by atoms with E-state index < -0.39 is 6.10 Å². The van der Waals surface area contributed by atoms with E-state index in [2.05, 4.69) is 10.0 Å². The lowest BCUT2D eigenvalue weighted by Crippen LogP contribution is -2.15. The van der Waals surface area contributed by atoms with E-state index in [0.717, 1.165) is 5.56 Å². The summed E-state index contributed by atoms with van der Waals surface area (Å²) in [5.74, 6) is 0. The monoisotopic (exact) mass is 233 g/mol. The number of benzene rings is 1. The third-order valence-electron chi connectivity index (χ3n) is 2.98. The van der Waals surface area contributed by atoms with Gasteiger partial charge in [-0.25, -0.2) is 0 Å². The second-order valence-electron chi connectivity index (χ2n) is 4.23. The first-order valence-electron chi connectivity index (χ1n) is 5.67. The van der Waals surface area contributed by atoms with Crippen LogP contribution in [-0.2, 0) is 11.3 Å². The van der Waals surface area contributed by atoms with Crippen molar-refractivity contribution >= 4 is 0 Å². The number of hydrogen-bond acceptors (Lipinski definition) is 3. The minimum absolute atomic E-state index is 0.0271. The Balaban J connectivity index is 1.84. The van der Waals surface area contributed by atoms with Crippen LogP contribution in [0.25, 0.3) is 10.4 Å². The summed E-state index contributed by atoms with van der Waals surface area (Å²) in [6, 6.07) is 9.53. The van der Waals surface area contributed by atoms with Crippen molar-refractivity contribution in [3.05, 3.63) is 46.3 Å². The summed E-state index contributed by atoms with van der Waals surface area (Å²) < 4.78 is 5.69. The minimum atomic E-state index is -0.577. The fraction of sp³-hybridized carbons (Fsp3) is 0.500. The van der Waals surface area contributed by atoms with E-state index in [1.807, 2.05) is 30.3 Å². The van der Waals surface area contributed by atoms with Crippen LogP contribution >= 0.6 is 0 Å². The molecule has 0 aromatic heterocycles. The predicted octanol–water partition coefficient (Wildman–Crippen LogP) is 2.41. The molecule has 2 rings (SSSR count). The molecular formula is C12H15N3O2. The van der Waals surface area contributed by atoms with E-state index in [0.29, 0.717) is 19.4 Å². The lowest BCUT2D eigenvalue weighted by atomic mass is 10.2. The van der Waals surface area contributed by atoms with E-state index >= 15 is 0 Å². The van der Waals surface area contributed by atoms with Gasteiger partial charge in [-0.3, -0.25) is 0 Å². The number of azide groups is 1. The Bertz CT molecular complexity index is 403. The molecule has 1 aliphatic carbocycles. The third kappa shape index (κ3) is 3.20. The third-order valence-corrected chi connectivity index (χ3v) is 2.98. The summed E-state index contributed by atoms with van der Waals surface area (Å²) in [5.41, 5.74) is 9.45. The maximum atomic E-state index is 9.64. The lowest BCUT2D eigenvalue weighted by molar-refractivity contribution is 0.0357. The molecule has 0 saturated heterocycles. The summed E-state index contributed by atoms with van der Waals surface area (Å²) in [4.78, 5) is 2.73. The molecule has 1 N–H and O–H groups in total. The van der Waals surface area contributed by atoms with E-state index in [4.69, 9.17) is 10.3 Å². The number of nitrogens with zero attached hydrogens (tertiary/aromatic N) is 3. The summed E-state index contributed by atoms with van der Waals surface area (Å²) in [5, 5.41) is 13.2. The van der Waals surface area contributed by atoms with Crippen LogP contribution in [0.15, 0.2) is 35.4 Å². The first-order valence-corrected chi connectivity index (χ1v) is 5.67. The highest BCUT2D eigenvalue weighted by molar-refractivity contribution is 5.13. The number of hydrogen-bond donors (Lipinski definition) is 1. The zero-order valence-corrected chi connectivity index (χ0v) is 9.44. The molecule has 3 atom stereocenters. The molecule has 0 amide bonds. The SMILES string of the molecule is [N-]=[N+]=NC1C[C@@H](OCc2ccccc2)C[C@@H]1O. The second kappa shape index (κ2) is 5.68. The van der Waals surface area contributed by atoms with E-state index in [-0.39, 0.29) is 12.1 Å². The first-order chi connectivity index (χ1) is 8.29. The van der Waals surface area contributed by atoms with Gasteiger partial charge in [0.25, 0.3) is 0 Å². The van der Waals surface area contributed by atoms with Gasteiger partial charge in [0.2, 0.25) is 0 Å². The summed E-state index contributed by atoms with van der Waals surface area (Å²) >= 11 is 0. The molecule has 0 spiro atoms. The summed E-state index contributed by atoms with van der Waals surface area (Å²) in [7, 11) is 0. The molecule has 0 bridgehead atoms. The van der Waals surface area contributed by atoms with Crippen LogP contribution in [0.5, 0.6) is 0 Å². The molecule has 90 valence electrons. The number of ether oxygens (including phenoxy) is 1. The van der Waals surface area contributed by atoms with Gasteiger partial charge in [0.1, 0.15) is 0 Å². The second-order valence-corrected chi connectivity index (χ2v) is 4.23. The zero-order valence-electron chi connectivity index (χ0n) is 9.44. The van der Waals surface area contributed by atoms with Gasteiger partial charge in [0.15, 0.2) is 0 Å². The van der Waals surface area contributed by atoms with Crippen LogP contribution in [0.4, 0.5) is 0 Å². The number of aliphatic hydroxyl groups is 1. The Morgan fingerprint density at radius 3 is 2.82 bits per heavy atom. The van der Waals surface area contributed by atoms with Crippen LogP contribution < -0.4 is 0 Å². The van der Waals surface area contributed by atoms with Crippen molar-refractivity contribution in [2.45, 2.75) is 37.7 Å². The van der Waals surface area contributed by atoms with Crippen molar-refractivity contribution in [1.82, 2.24) is 0 Å². The largest absolute Gasteiger partial charge is 0.393 e. The Morgan fingerprint density at radius 1 is 1.35 bits per heavy atom. The van der Waals surface area contributed by atoms with Gasteiger partial charge in [0.05, 0.1) is 24.9 Å². The Hall–Kier alpha value is -1.55. The van der Waals surface area contributed by atoms with Crippen molar-refractivity contribution in [3.63, 3.8) is 0 Å². The van der Waals surface area contributed by atoms with Crippen LogP contribution in [0.1, 0.15) is 18.4 Å². The molecule has 1 aliphatic rings. The molecule has 1 saturated carbocycles. The highest BCUT2D eigenvalue weighted by Crippen LogP contribution is 2.26. The average molecular weight is 233 g/mol. The summed E-state index contributed by atoms with van der Waals surface area (Å²) in [6.07, 6.45) is 0.529. The Morgan fingerprint density at radius 2 is 2.12 bits per heavy atom. The standard InChI is InChI=1S/C12H15N3O2/c13-15-14-11-6-10(7-12(11)16)17-8-9-4-2-1-3-5-9/h1-5,10-12,16H,6-8H2/t10-,11?,12+/m1/s1. The first kappa shape index (κ1) is 11.9. The fourth-order valence-corrected chi connectivity index (χ4v) is 2.06. The molecule has 1 aromatic carbocycles. The van der Waals surface area contributed by atoms with E-state index in [1.54, 1.807) is 0 Å². The van der Waals surface area contributed by atoms with E-state index in [9.17, 15) is 5.11 Å². The molecule has 0 radical (unpaired) electrons. The molecule has 1 fully saturated rings. The molecular weight excluding hydrogens is 218 g/mol. The summed E-state index contributed by atoms with van der Waals surface area (Å²) in [6.45, 7) is 0.529. The van der Waals surface area contributed by atoms with Crippen LogP contribution in [0.2, 0.25) is 0 Å². The quantitative estimate of drug-likeness (QED) is 0.492. The van der Waals surface area contributed by atoms with Crippen molar-refractivity contribution in [3.8, 4) is 0 Å². The van der Waals surface area contributed by atoms with Crippen molar-refractivity contribution < 1.29 is 9.84 Å². The molecule has 0 heterocycles. The lowest BCUT2D eigenvalue weighted by Gasteiger charge is -2.10. The van der Waals surface area contributed by atoms with Crippen LogP contribution in [-0.4, -0.2) is 23.4 Å². The highest BCUT2D eigenvalue weighted by Gasteiger charge is 2.32. The van der Waals surface area contributed by atoms with Crippen LogP contribution in [0.3, 0.4) is 0 Å². The average Bonchev–Trinajstić information content (AvgIpc) is 2.70. The Labute approximate surface area is 99.7 Å². The van der Waals surface area contributed by atoms with Crippen molar-refractivity contribution in [2.75, 3.05) is 0 Å². The predicted molar refractivity (Wildman–Crippen MR) is 63.2 cm³/mol. The van der Waals surface area contributed by atoms with Gasteiger partial charge >= 0.3 is 0 Å². The van der Waals surface area contributed by atoms with Gasteiger partial charge in [-0.2, -0.15) is 0 Å². The van der Waals surface area contributed by atoms with Gasteiger partial charge in [-0.05, 0) is 23.9 Å². The number of rotatable bonds is 4. The van der Waals surface area contributed by atoms with E-state index in [1.165, 1.54) is 0 Å². The van der Waals surface area contributed by atoms with Gasteiger partial charge < -0.3 is 9.84 Å². The maximum absolute atomic E-state index is 9.64. The molecule has 0 aliphatic heterocycles. The van der Waals surface area contributed by atoms with Crippen LogP contribution in [0, 0.1) is 0 Å².